The highest BCUT2D eigenvalue weighted by Gasteiger charge is 2.00. The number of hydrogen-bond acceptors (Lipinski definition) is 1. The van der Waals surface area contributed by atoms with Crippen molar-refractivity contribution in [1.29, 1.82) is 0 Å². The summed E-state index contributed by atoms with van der Waals surface area (Å²) in [5, 5.41) is 0. The lowest BCUT2D eigenvalue weighted by Gasteiger charge is -2.05. The predicted octanol–water partition coefficient (Wildman–Crippen LogP) is 4.99. The number of carbonyl (C=O) groups is 1. The van der Waals surface area contributed by atoms with Crippen LogP contribution >= 0.6 is 0 Å². The van der Waals surface area contributed by atoms with Gasteiger partial charge in [0.25, 0.3) is 0 Å². The summed E-state index contributed by atoms with van der Waals surface area (Å²) in [4.78, 5) is 10.8. The molecule has 17 heavy (non-hydrogen) atoms. The van der Waals surface area contributed by atoms with Crippen molar-refractivity contribution in [2.24, 2.45) is 0 Å². The zero-order valence-corrected chi connectivity index (χ0v) is 12.5. The second kappa shape index (κ2) is 11.4. The molecular formula is C16H28O. The standard InChI is InChI=1S/C12H16O.2C2H6/c1-9(2)12-6-4-11(5-7-12)8-10(3)13;2*1-2/h4-7,9H,8H2,1-3H3;2*1-2H3. The molecule has 0 aliphatic heterocycles. The first kappa shape index (κ1) is 18.3. The Bertz CT molecular complexity index is 283. The zero-order valence-electron chi connectivity index (χ0n) is 12.5. The third-order valence-electron chi connectivity index (χ3n) is 2.10. The third kappa shape index (κ3) is 8.67. The van der Waals surface area contributed by atoms with Gasteiger partial charge in [0.05, 0.1) is 0 Å². The minimum atomic E-state index is 0.220. The van der Waals surface area contributed by atoms with Crippen LogP contribution in [0.5, 0.6) is 0 Å². The fourth-order valence-corrected chi connectivity index (χ4v) is 1.31. The zero-order chi connectivity index (χ0) is 13.8. The van der Waals surface area contributed by atoms with E-state index in [4.69, 9.17) is 0 Å². The van der Waals surface area contributed by atoms with Crippen LogP contribution in [0.3, 0.4) is 0 Å². The Morgan fingerprint density at radius 1 is 1.00 bits per heavy atom. The second-order valence-corrected chi connectivity index (χ2v) is 3.78. The number of rotatable bonds is 3. The van der Waals surface area contributed by atoms with Gasteiger partial charge in [0.1, 0.15) is 5.78 Å². The van der Waals surface area contributed by atoms with Crippen LogP contribution < -0.4 is 0 Å². The normalized spacial score (nSPS) is 8.71. The fourth-order valence-electron chi connectivity index (χ4n) is 1.31. The van der Waals surface area contributed by atoms with Crippen molar-refractivity contribution < 1.29 is 4.79 Å². The molecule has 0 heterocycles. The number of ketones is 1. The fraction of sp³-hybridized carbons (Fsp3) is 0.562. The summed E-state index contributed by atoms with van der Waals surface area (Å²) in [7, 11) is 0. The highest BCUT2D eigenvalue weighted by Crippen LogP contribution is 2.14. The molecule has 0 saturated carbocycles. The van der Waals surface area contributed by atoms with Gasteiger partial charge in [-0.3, -0.25) is 4.79 Å². The summed E-state index contributed by atoms with van der Waals surface area (Å²) in [5.74, 6) is 0.781. The Labute approximate surface area is 107 Å². The first-order valence-corrected chi connectivity index (χ1v) is 6.68. The SMILES string of the molecule is CC.CC.CC(=O)Cc1ccc(C(C)C)cc1. The molecule has 98 valence electrons. The van der Waals surface area contributed by atoms with Crippen molar-refractivity contribution in [3.8, 4) is 0 Å². The molecule has 1 aromatic carbocycles. The number of hydrogen-bond donors (Lipinski definition) is 0. The van der Waals surface area contributed by atoms with Gasteiger partial charge in [-0.25, -0.2) is 0 Å². The van der Waals surface area contributed by atoms with Gasteiger partial charge in [-0.05, 0) is 24.0 Å². The van der Waals surface area contributed by atoms with Gasteiger partial charge in [0.15, 0.2) is 0 Å². The topological polar surface area (TPSA) is 17.1 Å². The molecule has 0 bridgehead atoms. The van der Waals surface area contributed by atoms with E-state index in [-0.39, 0.29) is 5.78 Å². The number of carbonyl (C=O) groups excluding carboxylic acids is 1. The molecule has 1 aromatic rings. The maximum Gasteiger partial charge on any atom is 0.134 e. The molecule has 0 aliphatic carbocycles. The number of benzene rings is 1. The summed E-state index contributed by atoms with van der Waals surface area (Å²) in [6.07, 6.45) is 0.554. The summed E-state index contributed by atoms with van der Waals surface area (Å²) >= 11 is 0. The molecule has 1 heteroatoms. The Morgan fingerprint density at radius 2 is 1.41 bits per heavy atom. The van der Waals surface area contributed by atoms with Gasteiger partial charge < -0.3 is 0 Å². The first-order chi connectivity index (χ1) is 8.09. The Balaban J connectivity index is 0. The van der Waals surface area contributed by atoms with Crippen molar-refractivity contribution in [2.45, 2.75) is 60.8 Å². The molecule has 0 spiro atoms. The third-order valence-corrected chi connectivity index (χ3v) is 2.10. The molecule has 1 rings (SSSR count). The summed E-state index contributed by atoms with van der Waals surface area (Å²) < 4.78 is 0. The van der Waals surface area contributed by atoms with Gasteiger partial charge in [0.2, 0.25) is 0 Å². The molecule has 0 aliphatic rings. The summed E-state index contributed by atoms with van der Waals surface area (Å²) in [6, 6.07) is 8.28. The molecule has 0 N–H and O–H groups in total. The average molecular weight is 236 g/mol. The van der Waals surface area contributed by atoms with Crippen molar-refractivity contribution in [1.82, 2.24) is 0 Å². The van der Waals surface area contributed by atoms with Crippen LogP contribution in [0.1, 0.15) is 65.5 Å². The maximum absolute atomic E-state index is 10.8. The molecule has 0 amide bonds. The van der Waals surface area contributed by atoms with Crippen molar-refractivity contribution in [2.75, 3.05) is 0 Å². The molecule has 0 atom stereocenters. The van der Waals surface area contributed by atoms with Crippen LogP contribution in [0.4, 0.5) is 0 Å². The first-order valence-electron chi connectivity index (χ1n) is 6.68. The van der Waals surface area contributed by atoms with Crippen LogP contribution in [0.2, 0.25) is 0 Å². The van der Waals surface area contributed by atoms with E-state index < -0.39 is 0 Å². The average Bonchev–Trinajstić information content (AvgIpc) is 2.34. The summed E-state index contributed by atoms with van der Waals surface area (Å²) in [5.41, 5.74) is 2.43. The van der Waals surface area contributed by atoms with Crippen LogP contribution in [0.15, 0.2) is 24.3 Å². The van der Waals surface area contributed by atoms with Gasteiger partial charge >= 0.3 is 0 Å². The lowest BCUT2D eigenvalue weighted by molar-refractivity contribution is -0.116. The van der Waals surface area contributed by atoms with Gasteiger partial charge in [-0.2, -0.15) is 0 Å². The minimum Gasteiger partial charge on any atom is -0.300 e. The monoisotopic (exact) mass is 236 g/mol. The van der Waals surface area contributed by atoms with Gasteiger partial charge in [-0.15, -0.1) is 0 Å². The Kier molecular flexibility index (Phi) is 12.2. The smallest absolute Gasteiger partial charge is 0.134 e. The molecular weight excluding hydrogens is 208 g/mol. The molecule has 1 nitrogen and oxygen atoms in total. The van der Waals surface area contributed by atoms with E-state index >= 15 is 0 Å². The van der Waals surface area contributed by atoms with E-state index in [2.05, 4.69) is 26.0 Å². The van der Waals surface area contributed by atoms with Crippen LogP contribution in [0.25, 0.3) is 0 Å². The summed E-state index contributed by atoms with van der Waals surface area (Å²) in [6.45, 7) is 14.0. The van der Waals surface area contributed by atoms with Crippen molar-refractivity contribution in [3.63, 3.8) is 0 Å². The van der Waals surface area contributed by atoms with Crippen LogP contribution in [-0.4, -0.2) is 5.78 Å². The largest absolute Gasteiger partial charge is 0.300 e. The van der Waals surface area contributed by atoms with Gasteiger partial charge in [0, 0.05) is 6.42 Å². The predicted molar refractivity (Wildman–Crippen MR) is 77.6 cm³/mol. The maximum atomic E-state index is 10.8. The highest BCUT2D eigenvalue weighted by atomic mass is 16.1. The molecule has 0 fully saturated rings. The quantitative estimate of drug-likeness (QED) is 0.722. The van der Waals surface area contributed by atoms with E-state index in [1.807, 2.05) is 39.8 Å². The molecule has 0 radical (unpaired) electrons. The van der Waals surface area contributed by atoms with Gasteiger partial charge in [-0.1, -0.05) is 65.8 Å². The van der Waals surface area contributed by atoms with E-state index in [1.54, 1.807) is 6.92 Å². The van der Waals surface area contributed by atoms with E-state index in [9.17, 15) is 4.79 Å². The lowest BCUT2D eigenvalue weighted by atomic mass is 10.0. The highest BCUT2D eigenvalue weighted by molar-refractivity contribution is 5.78. The van der Waals surface area contributed by atoms with E-state index in [0.29, 0.717) is 12.3 Å². The van der Waals surface area contributed by atoms with Crippen molar-refractivity contribution in [3.05, 3.63) is 35.4 Å². The van der Waals surface area contributed by atoms with E-state index in [0.717, 1.165) is 5.56 Å². The number of Topliss-reactive ketones (excluding diaryl/α,β-unsaturated/α-hetero) is 1. The Morgan fingerprint density at radius 3 is 1.71 bits per heavy atom. The van der Waals surface area contributed by atoms with Crippen LogP contribution in [-0.2, 0) is 11.2 Å². The van der Waals surface area contributed by atoms with E-state index in [1.165, 1.54) is 5.56 Å². The lowest BCUT2D eigenvalue weighted by Crippen LogP contribution is -1.96. The second-order valence-electron chi connectivity index (χ2n) is 3.78. The van der Waals surface area contributed by atoms with Crippen LogP contribution in [0, 0.1) is 0 Å². The Hall–Kier alpha value is -1.11. The van der Waals surface area contributed by atoms with Crippen molar-refractivity contribution >= 4 is 5.78 Å². The minimum absolute atomic E-state index is 0.220. The molecule has 0 aromatic heterocycles. The molecule has 0 saturated heterocycles. The molecule has 0 unspecified atom stereocenters.